The normalized spacial score (nSPS) is 15.0. The van der Waals surface area contributed by atoms with Crippen molar-refractivity contribution in [3.63, 3.8) is 0 Å². The first-order valence-corrected chi connectivity index (χ1v) is 9.60. The molecule has 1 aromatic heterocycles. The topological polar surface area (TPSA) is 30.3 Å². The minimum absolute atomic E-state index is 0.916. The van der Waals surface area contributed by atoms with Gasteiger partial charge in [-0.05, 0) is 54.7 Å². The zero-order valence-electron chi connectivity index (χ0n) is 15.7. The summed E-state index contributed by atoms with van der Waals surface area (Å²) in [5, 5.41) is 0. The summed E-state index contributed by atoms with van der Waals surface area (Å²) in [6.45, 7) is 6.32. The number of ether oxygens (including phenoxy) is 1. The number of para-hydroxylation sites is 2. The van der Waals surface area contributed by atoms with Gasteiger partial charge in [-0.1, -0.05) is 25.1 Å². The number of fused-ring (bicyclic) bond motifs is 2. The van der Waals surface area contributed by atoms with Crippen molar-refractivity contribution in [2.24, 2.45) is 0 Å². The number of aromatic nitrogens is 2. The standard InChI is InChI=1S/C22H27N3O/c1-3-12-25-21-7-5-4-6-20(21)23-22(25)16-24-13-10-17-8-9-19(26-2)15-18(17)11-14-24/h4-9,15H,3,10-14,16H2,1-2H3. The van der Waals surface area contributed by atoms with Gasteiger partial charge in [-0.15, -0.1) is 0 Å². The Balaban J connectivity index is 1.55. The highest BCUT2D eigenvalue weighted by molar-refractivity contribution is 5.75. The number of aryl methyl sites for hydroxylation is 1. The van der Waals surface area contributed by atoms with Crippen LogP contribution < -0.4 is 4.74 Å². The molecule has 0 atom stereocenters. The molecular weight excluding hydrogens is 322 g/mol. The molecule has 4 nitrogen and oxygen atoms in total. The second-order valence-electron chi connectivity index (χ2n) is 7.08. The van der Waals surface area contributed by atoms with Crippen molar-refractivity contribution in [2.45, 2.75) is 39.3 Å². The lowest BCUT2D eigenvalue weighted by molar-refractivity contribution is 0.268. The molecule has 0 saturated carbocycles. The lowest BCUT2D eigenvalue weighted by Crippen LogP contribution is -2.27. The van der Waals surface area contributed by atoms with Gasteiger partial charge in [0.25, 0.3) is 0 Å². The fourth-order valence-corrected chi connectivity index (χ4v) is 3.95. The Labute approximate surface area is 155 Å². The Morgan fingerprint density at radius 1 is 1.04 bits per heavy atom. The molecule has 0 bridgehead atoms. The smallest absolute Gasteiger partial charge is 0.124 e. The number of hydrogen-bond donors (Lipinski definition) is 0. The Bertz CT molecular complexity index is 900. The number of rotatable bonds is 5. The third kappa shape index (κ3) is 3.34. The summed E-state index contributed by atoms with van der Waals surface area (Å²) in [5.74, 6) is 2.15. The van der Waals surface area contributed by atoms with Gasteiger partial charge in [0.15, 0.2) is 0 Å². The van der Waals surface area contributed by atoms with Gasteiger partial charge in [0.2, 0.25) is 0 Å². The minimum atomic E-state index is 0.916. The summed E-state index contributed by atoms with van der Waals surface area (Å²) in [4.78, 5) is 7.48. The summed E-state index contributed by atoms with van der Waals surface area (Å²) in [6, 6.07) is 15.0. The van der Waals surface area contributed by atoms with E-state index < -0.39 is 0 Å². The van der Waals surface area contributed by atoms with Crippen LogP contribution in [0.1, 0.15) is 30.3 Å². The average molecular weight is 349 g/mol. The molecule has 0 fully saturated rings. The van der Waals surface area contributed by atoms with Crippen LogP contribution in [0.15, 0.2) is 42.5 Å². The summed E-state index contributed by atoms with van der Waals surface area (Å²) in [7, 11) is 1.74. The maximum Gasteiger partial charge on any atom is 0.124 e. The summed E-state index contributed by atoms with van der Waals surface area (Å²) in [6.07, 6.45) is 3.28. The number of benzene rings is 2. The average Bonchev–Trinajstić information content (AvgIpc) is 2.88. The molecule has 0 saturated heterocycles. The second kappa shape index (κ2) is 7.50. The molecule has 26 heavy (non-hydrogen) atoms. The molecule has 4 rings (SSSR count). The van der Waals surface area contributed by atoms with Crippen LogP contribution in [-0.2, 0) is 25.9 Å². The first-order chi connectivity index (χ1) is 12.8. The van der Waals surface area contributed by atoms with Crippen molar-refractivity contribution >= 4 is 11.0 Å². The predicted octanol–water partition coefficient (Wildman–Crippen LogP) is 4.06. The molecule has 1 aliphatic heterocycles. The number of methoxy groups -OCH3 is 1. The van der Waals surface area contributed by atoms with Gasteiger partial charge in [0.1, 0.15) is 11.6 Å². The molecule has 0 N–H and O–H groups in total. The van der Waals surface area contributed by atoms with Crippen LogP contribution in [0.5, 0.6) is 5.75 Å². The monoisotopic (exact) mass is 349 g/mol. The maximum absolute atomic E-state index is 5.39. The van der Waals surface area contributed by atoms with Gasteiger partial charge in [-0.25, -0.2) is 4.98 Å². The Hall–Kier alpha value is -2.33. The molecule has 2 aromatic carbocycles. The van der Waals surface area contributed by atoms with E-state index in [1.807, 2.05) is 0 Å². The SMILES string of the molecule is CCCn1c(CN2CCc3ccc(OC)cc3CC2)nc2ccccc21. The molecule has 136 valence electrons. The van der Waals surface area contributed by atoms with Crippen LogP contribution in [0.2, 0.25) is 0 Å². The van der Waals surface area contributed by atoms with E-state index in [-0.39, 0.29) is 0 Å². The second-order valence-corrected chi connectivity index (χ2v) is 7.08. The molecule has 0 aliphatic carbocycles. The lowest BCUT2D eigenvalue weighted by Gasteiger charge is -2.20. The highest BCUT2D eigenvalue weighted by Gasteiger charge is 2.18. The van der Waals surface area contributed by atoms with E-state index in [0.717, 1.165) is 56.7 Å². The Morgan fingerprint density at radius 2 is 1.85 bits per heavy atom. The van der Waals surface area contributed by atoms with E-state index in [0.29, 0.717) is 0 Å². The van der Waals surface area contributed by atoms with Crippen LogP contribution in [0.3, 0.4) is 0 Å². The van der Waals surface area contributed by atoms with Crippen molar-refractivity contribution < 1.29 is 4.74 Å². The van der Waals surface area contributed by atoms with Gasteiger partial charge >= 0.3 is 0 Å². The van der Waals surface area contributed by atoms with E-state index in [2.05, 4.69) is 58.9 Å². The van der Waals surface area contributed by atoms with Crippen molar-refractivity contribution in [3.8, 4) is 5.75 Å². The van der Waals surface area contributed by atoms with Gasteiger partial charge < -0.3 is 9.30 Å². The van der Waals surface area contributed by atoms with Gasteiger partial charge in [0.05, 0.1) is 24.7 Å². The first-order valence-electron chi connectivity index (χ1n) is 9.60. The number of hydrogen-bond acceptors (Lipinski definition) is 3. The summed E-state index contributed by atoms with van der Waals surface area (Å²) >= 11 is 0. The third-order valence-electron chi connectivity index (χ3n) is 5.35. The van der Waals surface area contributed by atoms with Gasteiger partial charge in [-0.2, -0.15) is 0 Å². The van der Waals surface area contributed by atoms with Crippen molar-refractivity contribution in [3.05, 3.63) is 59.4 Å². The van der Waals surface area contributed by atoms with E-state index in [4.69, 9.17) is 9.72 Å². The van der Waals surface area contributed by atoms with Crippen LogP contribution in [-0.4, -0.2) is 34.7 Å². The van der Waals surface area contributed by atoms with E-state index in [1.165, 1.54) is 22.5 Å². The molecule has 0 spiro atoms. The highest BCUT2D eigenvalue weighted by atomic mass is 16.5. The van der Waals surface area contributed by atoms with E-state index in [9.17, 15) is 0 Å². The largest absolute Gasteiger partial charge is 0.497 e. The predicted molar refractivity (Wildman–Crippen MR) is 106 cm³/mol. The van der Waals surface area contributed by atoms with Crippen LogP contribution >= 0.6 is 0 Å². The Morgan fingerprint density at radius 3 is 2.65 bits per heavy atom. The van der Waals surface area contributed by atoms with E-state index >= 15 is 0 Å². The molecular formula is C22H27N3O. The first kappa shape index (κ1) is 17.1. The highest BCUT2D eigenvalue weighted by Crippen LogP contribution is 2.23. The fraction of sp³-hybridized carbons (Fsp3) is 0.409. The summed E-state index contributed by atoms with van der Waals surface area (Å²) in [5.41, 5.74) is 5.25. The van der Waals surface area contributed by atoms with Crippen molar-refractivity contribution in [1.82, 2.24) is 14.5 Å². The van der Waals surface area contributed by atoms with Gasteiger partial charge in [0, 0.05) is 19.6 Å². The van der Waals surface area contributed by atoms with Crippen LogP contribution in [0.4, 0.5) is 0 Å². The molecule has 3 aromatic rings. The molecule has 1 aliphatic rings. The number of imidazole rings is 1. The minimum Gasteiger partial charge on any atom is -0.497 e. The zero-order chi connectivity index (χ0) is 17.9. The van der Waals surface area contributed by atoms with Crippen LogP contribution in [0, 0.1) is 0 Å². The summed E-state index contributed by atoms with van der Waals surface area (Å²) < 4.78 is 7.79. The van der Waals surface area contributed by atoms with Crippen molar-refractivity contribution in [2.75, 3.05) is 20.2 Å². The van der Waals surface area contributed by atoms with E-state index in [1.54, 1.807) is 7.11 Å². The zero-order valence-corrected chi connectivity index (χ0v) is 15.7. The lowest BCUT2D eigenvalue weighted by atomic mass is 10.0. The Kier molecular flexibility index (Phi) is 4.93. The molecule has 2 heterocycles. The number of nitrogens with zero attached hydrogens (tertiary/aromatic N) is 3. The molecule has 0 radical (unpaired) electrons. The van der Waals surface area contributed by atoms with Gasteiger partial charge in [-0.3, -0.25) is 4.90 Å². The fourth-order valence-electron chi connectivity index (χ4n) is 3.95. The third-order valence-corrected chi connectivity index (χ3v) is 5.35. The van der Waals surface area contributed by atoms with Crippen LogP contribution in [0.25, 0.3) is 11.0 Å². The molecule has 0 unspecified atom stereocenters. The van der Waals surface area contributed by atoms with Crippen molar-refractivity contribution in [1.29, 1.82) is 0 Å². The quantitative estimate of drug-likeness (QED) is 0.696. The maximum atomic E-state index is 5.39. The molecule has 4 heteroatoms. The molecule has 0 amide bonds.